The number of carbonyl (C=O) groups excluding carboxylic acids is 1. The number of fused-ring (bicyclic) bond motifs is 1. The molecule has 2 heterocycles. The van der Waals surface area contributed by atoms with E-state index in [4.69, 9.17) is 11.6 Å². The van der Waals surface area contributed by atoms with Crippen LogP contribution in [0.4, 0.5) is 0 Å². The standard InChI is InChI=1S/C18H21ClN2OS/c1-12(14-5-3-4-6-16(14)19)20-18(22)11-21-9-7-17-15(13(21)2)8-10-23-17/h3-6,8,10,12-13H,7,9,11H2,1-2H3,(H,20,22)/t12-,13-/m0/s1. The Morgan fingerprint density at radius 3 is 3.00 bits per heavy atom. The average Bonchev–Trinajstić information content (AvgIpc) is 3.00. The van der Waals surface area contributed by atoms with Crippen LogP contribution in [0.15, 0.2) is 35.7 Å². The number of nitrogens with one attached hydrogen (secondary N) is 1. The van der Waals surface area contributed by atoms with E-state index in [1.165, 1.54) is 10.4 Å². The van der Waals surface area contributed by atoms with Crippen LogP contribution < -0.4 is 5.32 Å². The lowest BCUT2D eigenvalue weighted by atomic mass is 10.0. The number of hydrogen-bond donors (Lipinski definition) is 1. The van der Waals surface area contributed by atoms with Crippen LogP contribution in [0.2, 0.25) is 5.02 Å². The van der Waals surface area contributed by atoms with E-state index >= 15 is 0 Å². The number of halogens is 1. The Morgan fingerprint density at radius 1 is 1.43 bits per heavy atom. The number of amides is 1. The summed E-state index contributed by atoms with van der Waals surface area (Å²) in [4.78, 5) is 16.1. The molecule has 0 aliphatic carbocycles. The van der Waals surface area contributed by atoms with Crippen molar-refractivity contribution in [1.82, 2.24) is 10.2 Å². The molecule has 3 nitrogen and oxygen atoms in total. The van der Waals surface area contributed by atoms with E-state index in [2.05, 4.69) is 28.6 Å². The molecule has 0 bridgehead atoms. The second-order valence-corrected chi connectivity index (χ2v) is 7.41. The molecule has 122 valence electrons. The second kappa shape index (κ2) is 7.04. The second-order valence-electron chi connectivity index (χ2n) is 6.01. The molecular weight excluding hydrogens is 328 g/mol. The Kier molecular flexibility index (Phi) is 5.05. The Hall–Kier alpha value is -1.36. The van der Waals surface area contributed by atoms with E-state index in [9.17, 15) is 4.79 Å². The van der Waals surface area contributed by atoms with Crippen molar-refractivity contribution in [3.05, 3.63) is 56.7 Å². The summed E-state index contributed by atoms with van der Waals surface area (Å²) in [5, 5.41) is 5.89. The fourth-order valence-electron chi connectivity index (χ4n) is 3.15. The number of carbonyl (C=O) groups is 1. The van der Waals surface area contributed by atoms with Gasteiger partial charge in [-0.1, -0.05) is 29.8 Å². The minimum Gasteiger partial charge on any atom is -0.348 e. The van der Waals surface area contributed by atoms with Crippen LogP contribution in [0, 0.1) is 0 Å². The van der Waals surface area contributed by atoms with Crippen LogP contribution in [0.5, 0.6) is 0 Å². The lowest BCUT2D eigenvalue weighted by Crippen LogP contribution is -2.42. The van der Waals surface area contributed by atoms with Crippen LogP contribution in [0.3, 0.4) is 0 Å². The highest BCUT2D eigenvalue weighted by Gasteiger charge is 2.26. The summed E-state index contributed by atoms with van der Waals surface area (Å²) in [6, 6.07) is 10.0. The van der Waals surface area contributed by atoms with Crippen molar-refractivity contribution in [2.24, 2.45) is 0 Å². The van der Waals surface area contributed by atoms with Gasteiger partial charge in [-0.3, -0.25) is 9.69 Å². The van der Waals surface area contributed by atoms with E-state index < -0.39 is 0 Å². The van der Waals surface area contributed by atoms with Gasteiger partial charge in [-0.15, -0.1) is 11.3 Å². The number of nitrogens with zero attached hydrogens (tertiary/aromatic N) is 1. The van der Waals surface area contributed by atoms with Gasteiger partial charge < -0.3 is 5.32 Å². The lowest BCUT2D eigenvalue weighted by molar-refractivity contribution is -0.123. The van der Waals surface area contributed by atoms with Crippen molar-refractivity contribution in [2.75, 3.05) is 13.1 Å². The molecule has 1 aliphatic rings. The summed E-state index contributed by atoms with van der Waals surface area (Å²) >= 11 is 8.02. The maximum Gasteiger partial charge on any atom is 0.234 e. The van der Waals surface area contributed by atoms with Gasteiger partial charge in [0.15, 0.2) is 0 Å². The van der Waals surface area contributed by atoms with Crippen LogP contribution in [-0.4, -0.2) is 23.9 Å². The summed E-state index contributed by atoms with van der Waals surface area (Å²) in [5.41, 5.74) is 2.32. The topological polar surface area (TPSA) is 32.3 Å². The Labute approximate surface area is 146 Å². The fourth-order valence-corrected chi connectivity index (χ4v) is 4.42. The monoisotopic (exact) mass is 348 g/mol. The van der Waals surface area contributed by atoms with E-state index in [0.29, 0.717) is 17.6 Å². The molecule has 0 spiro atoms. The Bertz CT molecular complexity index is 700. The van der Waals surface area contributed by atoms with Gasteiger partial charge in [-0.25, -0.2) is 0 Å². The average molecular weight is 349 g/mol. The maximum absolute atomic E-state index is 12.4. The molecule has 0 unspecified atom stereocenters. The highest BCUT2D eigenvalue weighted by molar-refractivity contribution is 7.10. The van der Waals surface area contributed by atoms with Crippen molar-refractivity contribution in [2.45, 2.75) is 32.4 Å². The van der Waals surface area contributed by atoms with E-state index in [1.54, 1.807) is 0 Å². The van der Waals surface area contributed by atoms with Crippen molar-refractivity contribution >= 4 is 28.8 Å². The molecule has 1 aromatic heterocycles. The van der Waals surface area contributed by atoms with Gasteiger partial charge in [0, 0.05) is 22.5 Å². The first kappa shape index (κ1) is 16.5. The largest absolute Gasteiger partial charge is 0.348 e. The molecule has 23 heavy (non-hydrogen) atoms. The molecule has 0 fully saturated rings. The highest BCUT2D eigenvalue weighted by Crippen LogP contribution is 2.32. The number of rotatable bonds is 4. The quantitative estimate of drug-likeness (QED) is 0.898. The number of thiophene rings is 1. The van der Waals surface area contributed by atoms with E-state index in [-0.39, 0.29) is 11.9 Å². The zero-order chi connectivity index (χ0) is 16.4. The minimum atomic E-state index is -0.0898. The third-order valence-corrected chi connectivity index (χ3v) is 5.84. The molecule has 2 atom stereocenters. The summed E-state index contributed by atoms with van der Waals surface area (Å²) in [5.74, 6) is 0.0444. The molecule has 2 aromatic rings. The van der Waals surface area contributed by atoms with Crippen LogP contribution in [-0.2, 0) is 11.2 Å². The Morgan fingerprint density at radius 2 is 2.22 bits per heavy atom. The molecule has 0 radical (unpaired) electrons. The first-order valence-corrected chi connectivity index (χ1v) is 9.16. The molecule has 1 amide bonds. The summed E-state index contributed by atoms with van der Waals surface area (Å²) in [7, 11) is 0. The van der Waals surface area contributed by atoms with Crippen LogP contribution in [0.1, 0.15) is 41.9 Å². The van der Waals surface area contributed by atoms with Crippen LogP contribution in [0.25, 0.3) is 0 Å². The molecule has 5 heteroatoms. The zero-order valence-electron chi connectivity index (χ0n) is 13.4. The zero-order valence-corrected chi connectivity index (χ0v) is 15.0. The molecular formula is C18H21ClN2OS. The van der Waals surface area contributed by atoms with Crippen LogP contribution >= 0.6 is 22.9 Å². The Balaban J connectivity index is 1.61. The molecule has 1 N–H and O–H groups in total. The van der Waals surface area contributed by atoms with Crippen molar-refractivity contribution < 1.29 is 4.79 Å². The third kappa shape index (κ3) is 3.60. The SMILES string of the molecule is C[C@H](NC(=O)CN1CCc2sccc2[C@@H]1C)c1ccccc1Cl. The van der Waals surface area contributed by atoms with Gasteiger partial charge >= 0.3 is 0 Å². The molecule has 0 saturated heterocycles. The number of hydrogen-bond acceptors (Lipinski definition) is 3. The lowest BCUT2D eigenvalue weighted by Gasteiger charge is -2.33. The summed E-state index contributed by atoms with van der Waals surface area (Å²) in [6.07, 6.45) is 1.03. The fraction of sp³-hybridized carbons (Fsp3) is 0.389. The number of benzene rings is 1. The van der Waals surface area contributed by atoms with Crippen molar-refractivity contribution in [3.8, 4) is 0 Å². The van der Waals surface area contributed by atoms with Crippen molar-refractivity contribution in [1.29, 1.82) is 0 Å². The van der Waals surface area contributed by atoms with Gasteiger partial charge in [0.2, 0.25) is 5.91 Å². The molecule has 1 aliphatic heterocycles. The van der Waals surface area contributed by atoms with Gasteiger partial charge in [0.25, 0.3) is 0 Å². The predicted molar refractivity (Wildman–Crippen MR) is 96.0 cm³/mol. The third-order valence-electron chi connectivity index (χ3n) is 4.50. The van der Waals surface area contributed by atoms with Gasteiger partial charge in [0.1, 0.15) is 0 Å². The minimum absolute atomic E-state index is 0.0444. The first-order chi connectivity index (χ1) is 11.1. The van der Waals surface area contributed by atoms with E-state index in [0.717, 1.165) is 18.5 Å². The first-order valence-electron chi connectivity index (χ1n) is 7.90. The summed E-state index contributed by atoms with van der Waals surface area (Å²) < 4.78 is 0. The van der Waals surface area contributed by atoms with Crippen molar-refractivity contribution in [3.63, 3.8) is 0 Å². The van der Waals surface area contributed by atoms with Gasteiger partial charge in [-0.05, 0) is 48.9 Å². The van der Waals surface area contributed by atoms with Gasteiger partial charge in [-0.2, -0.15) is 0 Å². The smallest absolute Gasteiger partial charge is 0.234 e. The van der Waals surface area contributed by atoms with E-state index in [1.807, 2.05) is 42.5 Å². The predicted octanol–water partition coefficient (Wildman–Crippen LogP) is 4.20. The molecule has 3 rings (SSSR count). The normalized spacial score (nSPS) is 19.2. The maximum atomic E-state index is 12.4. The molecule has 1 aromatic carbocycles. The molecule has 0 saturated carbocycles. The summed E-state index contributed by atoms with van der Waals surface area (Å²) in [6.45, 7) is 5.50. The van der Waals surface area contributed by atoms with Gasteiger partial charge in [0.05, 0.1) is 12.6 Å². The highest BCUT2D eigenvalue weighted by atomic mass is 35.5.